The van der Waals surface area contributed by atoms with E-state index >= 15 is 0 Å². The highest BCUT2D eigenvalue weighted by atomic mass is 32.2. The molecule has 7 nitrogen and oxygen atoms in total. The van der Waals surface area contributed by atoms with Gasteiger partial charge in [-0.05, 0) is 38.5 Å². The molecular formula is C17H24N6OS. The molecule has 0 atom stereocenters. The Morgan fingerprint density at radius 2 is 2.12 bits per heavy atom. The third-order valence-electron chi connectivity index (χ3n) is 4.23. The van der Waals surface area contributed by atoms with E-state index in [2.05, 4.69) is 20.3 Å². The summed E-state index contributed by atoms with van der Waals surface area (Å²) in [5.74, 6) is 0.894. The Balaban J connectivity index is 1.84. The molecular weight excluding hydrogens is 336 g/mol. The molecule has 1 aliphatic heterocycles. The van der Waals surface area contributed by atoms with E-state index in [0.717, 1.165) is 35.1 Å². The summed E-state index contributed by atoms with van der Waals surface area (Å²) in [6.07, 6.45) is 10.8. The molecule has 8 heteroatoms. The number of carbonyl (C=O) groups excluding carboxylic acids is 1. The summed E-state index contributed by atoms with van der Waals surface area (Å²) in [5, 5.41) is 9.07. The van der Waals surface area contributed by atoms with Crippen LogP contribution in [0.25, 0.3) is 11.0 Å². The van der Waals surface area contributed by atoms with Crippen molar-refractivity contribution in [3.63, 3.8) is 0 Å². The lowest BCUT2D eigenvalue weighted by molar-refractivity contribution is -0.116. The fraction of sp³-hybridized carbons (Fsp3) is 0.529. The Bertz CT molecular complexity index is 766. The van der Waals surface area contributed by atoms with Crippen molar-refractivity contribution in [2.24, 2.45) is 0 Å². The van der Waals surface area contributed by atoms with Crippen LogP contribution in [0.3, 0.4) is 0 Å². The molecule has 1 aliphatic rings. The van der Waals surface area contributed by atoms with E-state index in [0.29, 0.717) is 13.1 Å². The summed E-state index contributed by atoms with van der Waals surface area (Å²) in [7, 11) is 0. The Labute approximate surface area is 151 Å². The summed E-state index contributed by atoms with van der Waals surface area (Å²) in [5.41, 5.74) is 0.834. The van der Waals surface area contributed by atoms with Gasteiger partial charge in [-0.15, -0.1) is 0 Å². The summed E-state index contributed by atoms with van der Waals surface area (Å²) in [4.78, 5) is 23.3. The smallest absolute Gasteiger partial charge is 0.243 e. The Morgan fingerprint density at radius 1 is 1.32 bits per heavy atom. The number of piperidine rings is 1. The zero-order valence-corrected chi connectivity index (χ0v) is 15.6. The van der Waals surface area contributed by atoms with Crippen LogP contribution in [0.15, 0.2) is 23.5 Å². The number of anilines is 1. The largest absolute Gasteiger partial charge is 0.356 e. The molecule has 134 valence electrons. The van der Waals surface area contributed by atoms with Crippen molar-refractivity contribution >= 4 is 34.5 Å². The highest BCUT2D eigenvalue weighted by Crippen LogP contribution is 2.28. The van der Waals surface area contributed by atoms with Crippen LogP contribution in [0.1, 0.15) is 26.2 Å². The third kappa shape index (κ3) is 4.12. The van der Waals surface area contributed by atoms with E-state index in [1.54, 1.807) is 17.8 Å². The van der Waals surface area contributed by atoms with Gasteiger partial charge in [0.2, 0.25) is 5.91 Å². The average molecular weight is 360 g/mol. The van der Waals surface area contributed by atoms with Gasteiger partial charge in [0.05, 0.1) is 18.1 Å². The highest BCUT2D eigenvalue weighted by Gasteiger charge is 2.19. The normalized spacial score (nSPS) is 15.2. The zero-order chi connectivity index (χ0) is 17.6. The highest BCUT2D eigenvalue weighted by molar-refractivity contribution is 7.98. The predicted molar refractivity (Wildman–Crippen MR) is 101 cm³/mol. The molecule has 0 aliphatic carbocycles. The number of thioether (sulfide) groups is 1. The van der Waals surface area contributed by atoms with Crippen LogP contribution in [-0.4, -0.2) is 51.5 Å². The molecule has 0 unspecified atom stereocenters. The van der Waals surface area contributed by atoms with Crippen LogP contribution < -0.4 is 10.2 Å². The van der Waals surface area contributed by atoms with E-state index in [9.17, 15) is 4.79 Å². The predicted octanol–water partition coefficient (Wildman–Crippen LogP) is 2.23. The number of carbonyl (C=O) groups is 1. The summed E-state index contributed by atoms with van der Waals surface area (Å²) in [6, 6.07) is 0. The number of rotatable bonds is 6. The maximum absolute atomic E-state index is 11.5. The van der Waals surface area contributed by atoms with Gasteiger partial charge in [0.1, 0.15) is 5.82 Å². The first-order valence-electron chi connectivity index (χ1n) is 8.66. The van der Waals surface area contributed by atoms with Crippen molar-refractivity contribution in [2.75, 3.05) is 30.8 Å². The lowest BCUT2D eigenvalue weighted by Gasteiger charge is -2.28. The van der Waals surface area contributed by atoms with Gasteiger partial charge in [0, 0.05) is 19.6 Å². The molecule has 0 radical (unpaired) electrons. The second kappa shape index (κ2) is 8.33. The van der Waals surface area contributed by atoms with Crippen LogP contribution in [0.5, 0.6) is 0 Å². The van der Waals surface area contributed by atoms with Crippen molar-refractivity contribution in [3.05, 3.63) is 18.3 Å². The second-order valence-corrected chi connectivity index (χ2v) is 6.75. The average Bonchev–Trinajstić information content (AvgIpc) is 3.05. The minimum Gasteiger partial charge on any atom is -0.356 e. The fourth-order valence-electron chi connectivity index (χ4n) is 3.02. The maximum Gasteiger partial charge on any atom is 0.243 e. The van der Waals surface area contributed by atoms with Crippen molar-refractivity contribution in [2.45, 2.75) is 37.9 Å². The van der Waals surface area contributed by atoms with Crippen LogP contribution >= 0.6 is 11.8 Å². The second-order valence-electron chi connectivity index (χ2n) is 5.98. The molecule has 3 rings (SSSR count). The number of fused-ring (bicyclic) bond motifs is 1. The van der Waals surface area contributed by atoms with Crippen molar-refractivity contribution in [1.29, 1.82) is 0 Å². The van der Waals surface area contributed by atoms with Crippen LogP contribution in [0, 0.1) is 0 Å². The zero-order valence-electron chi connectivity index (χ0n) is 14.7. The van der Waals surface area contributed by atoms with E-state index in [-0.39, 0.29) is 5.91 Å². The molecule has 1 fully saturated rings. The first-order valence-corrected chi connectivity index (χ1v) is 9.88. The molecule has 0 spiro atoms. The molecule has 2 aromatic heterocycles. The number of hydrogen-bond donors (Lipinski definition) is 1. The molecule has 1 amide bonds. The first kappa shape index (κ1) is 17.7. The van der Waals surface area contributed by atoms with Gasteiger partial charge in [-0.1, -0.05) is 17.8 Å². The minimum absolute atomic E-state index is 0.0904. The van der Waals surface area contributed by atoms with Crippen LogP contribution in [-0.2, 0) is 11.3 Å². The Morgan fingerprint density at radius 3 is 2.84 bits per heavy atom. The van der Waals surface area contributed by atoms with Gasteiger partial charge >= 0.3 is 0 Å². The van der Waals surface area contributed by atoms with Crippen molar-refractivity contribution in [3.8, 4) is 0 Å². The van der Waals surface area contributed by atoms with Gasteiger partial charge < -0.3 is 10.2 Å². The maximum atomic E-state index is 11.5. The number of aromatic nitrogens is 4. The molecule has 3 heterocycles. The standard InChI is InChI=1S/C17H24N6OS/c1-3-7-14(24)18-8-11-23-16-13(12-19-23)15(20-17(21-16)25-2)22-9-5-4-6-10-22/h3,7,12H,4-6,8-11H2,1-2H3,(H,18,24)/b7-3-. The minimum atomic E-state index is -0.0904. The molecule has 25 heavy (non-hydrogen) atoms. The van der Waals surface area contributed by atoms with Crippen LogP contribution in [0.4, 0.5) is 5.82 Å². The summed E-state index contributed by atoms with van der Waals surface area (Å²) in [6.45, 7) is 4.98. The van der Waals surface area contributed by atoms with Gasteiger partial charge in [0.15, 0.2) is 10.8 Å². The van der Waals surface area contributed by atoms with E-state index in [4.69, 9.17) is 4.98 Å². The quantitative estimate of drug-likeness (QED) is 0.484. The number of nitrogens with one attached hydrogen (secondary N) is 1. The summed E-state index contributed by atoms with van der Waals surface area (Å²) < 4.78 is 1.85. The fourth-order valence-corrected chi connectivity index (χ4v) is 3.37. The number of allylic oxidation sites excluding steroid dienone is 1. The van der Waals surface area contributed by atoms with E-state index < -0.39 is 0 Å². The number of hydrogen-bond acceptors (Lipinski definition) is 6. The Kier molecular flexibility index (Phi) is 5.91. The molecule has 0 saturated carbocycles. The molecule has 0 bridgehead atoms. The Hall–Kier alpha value is -2.09. The number of nitrogens with zero attached hydrogens (tertiary/aromatic N) is 5. The monoisotopic (exact) mass is 360 g/mol. The van der Waals surface area contributed by atoms with E-state index in [1.807, 2.05) is 24.1 Å². The van der Waals surface area contributed by atoms with Crippen molar-refractivity contribution in [1.82, 2.24) is 25.1 Å². The topological polar surface area (TPSA) is 75.9 Å². The first-order chi connectivity index (χ1) is 12.2. The van der Waals surface area contributed by atoms with Gasteiger partial charge in [-0.3, -0.25) is 4.79 Å². The lowest BCUT2D eigenvalue weighted by atomic mass is 10.1. The molecule has 2 aromatic rings. The van der Waals surface area contributed by atoms with Crippen molar-refractivity contribution < 1.29 is 4.79 Å². The van der Waals surface area contributed by atoms with Gasteiger partial charge in [-0.2, -0.15) is 5.10 Å². The van der Waals surface area contributed by atoms with E-state index in [1.165, 1.54) is 25.3 Å². The SMILES string of the molecule is C/C=C\C(=O)NCCn1ncc2c(N3CCCCC3)nc(SC)nc21. The number of amides is 1. The molecule has 1 N–H and O–H groups in total. The molecule has 0 aromatic carbocycles. The summed E-state index contributed by atoms with van der Waals surface area (Å²) >= 11 is 1.54. The molecule has 1 saturated heterocycles. The lowest BCUT2D eigenvalue weighted by Crippen LogP contribution is -2.30. The van der Waals surface area contributed by atoms with Crippen LogP contribution in [0.2, 0.25) is 0 Å². The third-order valence-corrected chi connectivity index (χ3v) is 4.78. The van der Waals surface area contributed by atoms with Gasteiger partial charge in [-0.25, -0.2) is 14.6 Å². The van der Waals surface area contributed by atoms with Gasteiger partial charge in [0.25, 0.3) is 0 Å².